The van der Waals surface area contributed by atoms with Crippen molar-refractivity contribution >= 4 is 11.8 Å². The predicted molar refractivity (Wildman–Crippen MR) is 160 cm³/mol. The van der Waals surface area contributed by atoms with Crippen molar-refractivity contribution in [3.63, 3.8) is 0 Å². The molecule has 0 saturated heterocycles. The molecule has 3 saturated carbocycles. The quantitative estimate of drug-likeness (QED) is 0.290. The van der Waals surface area contributed by atoms with Crippen molar-refractivity contribution in [1.29, 1.82) is 0 Å². The first-order valence-corrected chi connectivity index (χ1v) is 15.8. The summed E-state index contributed by atoms with van der Waals surface area (Å²) in [5, 5.41) is 35.1. The third kappa shape index (κ3) is 5.66. The Labute approximate surface area is 256 Å². The number of esters is 1. The largest absolute Gasteiger partial charge is 0.463 e. The summed E-state index contributed by atoms with van der Waals surface area (Å²) in [6.07, 6.45) is 4.21. The number of ketones is 1. The van der Waals surface area contributed by atoms with Gasteiger partial charge in [-0.05, 0) is 97.1 Å². The van der Waals surface area contributed by atoms with Gasteiger partial charge in [0.25, 0.3) is 0 Å². The summed E-state index contributed by atoms with van der Waals surface area (Å²) < 4.78 is 34.2. The van der Waals surface area contributed by atoms with E-state index in [2.05, 4.69) is 0 Å². The van der Waals surface area contributed by atoms with E-state index < -0.39 is 64.3 Å². The van der Waals surface area contributed by atoms with Crippen LogP contribution in [0.1, 0.15) is 93.4 Å². The van der Waals surface area contributed by atoms with Gasteiger partial charge < -0.3 is 29.5 Å². The number of hydrogen-bond acceptors (Lipinski definition) is 8. The summed E-state index contributed by atoms with van der Waals surface area (Å²) in [5.74, 6) is -2.01. The van der Waals surface area contributed by atoms with Crippen molar-refractivity contribution < 1.29 is 43.5 Å². The van der Waals surface area contributed by atoms with Crippen molar-refractivity contribution in [1.82, 2.24) is 0 Å². The van der Waals surface area contributed by atoms with Gasteiger partial charge in [-0.25, -0.2) is 4.39 Å². The maximum absolute atomic E-state index is 17.4. The number of ether oxygens (including phenoxy) is 3. The number of aliphatic hydroxyl groups excluding tert-OH is 2. The fourth-order valence-corrected chi connectivity index (χ4v) is 8.81. The van der Waals surface area contributed by atoms with Crippen molar-refractivity contribution in [3.8, 4) is 0 Å². The molecule has 3 fully saturated rings. The fraction of sp³-hybridized carbons (Fsp3) is 0.824. The smallest absolute Gasteiger partial charge is 0.305 e. The first kappa shape index (κ1) is 34.2. The topological polar surface area (TPSA) is 123 Å². The summed E-state index contributed by atoms with van der Waals surface area (Å²) in [6, 6.07) is 0. The van der Waals surface area contributed by atoms with Gasteiger partial charge in [0.15, 0.2) is 11.5 Å². The van der Waals surface area contributed by atoms with Crippen LogP contribution in [0.4, 0.5) is 4.39 Å². The number of rotatable bonds is 11. The van der Waals surface area contributed by atoms with Crippen LogP contribution >= 0.6 is 0 Å². The molecule has 8 nitrogen and oxygen atoms in total. The average Bonchev–Trinajstić information content (AvgIpc) is 3.13. The lowest BCUT2D eigenvalue weighted by molar-refractivity contribution is -0.244. The van der Waals surface area contributed by atoms with E-state index >= 15 is 4.39 Å². The lowest BCUT2D eigenvalue weighted by atomic mass is 9.44. The molecule has 0 bridgehead atoms. The second-order valence-electron chi connectivity index (χ2n) is 15.2. The van der Waals surface area contributed by atoms with Crippen LogP contribution in [0.25, 0.3) is 0 Å². The number of aliphatic hydroxyl groups is 3. The summed E-state index contributed by atoms with van der Waals surface area (Å²) in [6.45, 7) is 13.3. The molecule has 0 aromatic carbocycles. The minimum atomic E-state index is -2.02. The van der Waals surface area contributed by atoms with Crippen molar-refractivity contribution in [2.24, 2.45) is 28.6 Å². The van der Waals surface area contributed by atoms with Crippen molar-refractivity contribution in [3.05, 3.63) is 23.8 Å². The first-order valence-electron chi connectivity index (χ1n) is 15.8. The summed E-state index contributed by atoms with van der Waals surface area (Å²) >= 11 is 0. The van der Waals surface area contributed by atoms with E-state index in [1.54, 1.807) is 20.1 Å². The molecule has 0 aromatic heterocycles. The molecule has 9 heteroatoms. The molecule has 0 amide bonds. The molecule has 244 valence electrons. The van der Waals surface area contributed by atoms with Crippen LogP contribution in [0.5, 0.6) is 0 Å². The van der Waals surface area contributed by atoms with Gasteiger partial charge in [0, 0.05) is 30.3 Å². The van der Waals surface area contributed by atoms with Gasteiger partial charge in [-0.3, -0.25) is 9.59 Å². The van der Waals surface area contributed by atoms with Crippen LogP contribution in [0, 0.1) is 28.6 Å². The Bertz CT molecular complexity index is 1150. The Kier molecular flexibility index (Phi) is 9.24. The lowest BCUT2D eigenvalue weighted by Crippen LogP contribution is -2.70. The number of allylic oxidation sites excluding steroid dienone is 4. The maximum atomic E-state index is 17.4. The molecule has 0 aliphatic heterocycles. The van der Waals surface area contributed by atoms with Gasteiger partial charge in [-0.1, -0.05) is 25.5 Å². The molecular formula is C34H53FO8. The number of halogens is 1. The van der Waals surface area contributed by atoms with Gasteiger partial charge in [0.05, 0.1) is 23.9 Å². The van der Waals surface area contributed by atoms with E-state index in [9.17, 15) is 24.9 Å². The number of hydrogen-bond donors (Lipinski definition) is 3. The Morgan fingerprint density at radius 3 is 2.49 bits per heavy atom. The second kappa shape index (κ2) is 11.6. The zero-order valence-corrected chi connectivity index (χ0v) is 27.2. The monoisotopic (exact) mass is 608 g/mol. The van der Waals surface area contributed by atoms with Crippen LogP contribution < -0.4 is 0 Å². The number of fused-ring (bicyclic) bond motifs is 5. The predicted octanol–water partition coefficient (Wildman–Crippen LogP) is 4.63. The molecule has 4 aliphatic rings. The first-order chi connectivity index (χ1) is 19.8. The Morgan fingerprint density at radius 2 is 1.84 bits per heavy atom. The summed E-state index contributed by atoms with van der Waals surface area (Å²) in [7, 11) is 1.66. The van der Waals surface area contributed by atoms with Crippen molar-refractivity contribution in [2.75, 3.05) is 20.3 Å². The number of carbonyl (C=O) groups is 2. The highest BCUT2D eigenvalue weighted by Crippen LogP contribution is 2.71. The summed E-state index contributed by atoms with van der Waals surface area (Å²) in [5.41, 5.74) is -6.04. The van der Waals surface area contributed by atoms with Crippen LogP contribution in [-0.2, 0) is 23.8 Å². The minimum absolute atomic E-state index is 0.0629. The molecule has 1 unspecified atom stereocenters. The van der Waals surface area contributed by atoms with Gasteiger partial charge in [-0.15, -0.1) is 0 Å². The fourth-order valence-electron chi connectivity index (χ4n) is 8.81. The Hall–Kier alpha value is -1.65. The standard InChI is InChI=1S/C34H53FO8/c1-21-17-25-24-10-9-22-18-23(36)11-14-31(22,6)33(24,35)26(37)19-32(25,7)34(21,40)27(38)20-42-28(39)12-13-30(4,5)43-16-15-29(2,3)41-8/h11,14,18,21,24-27,37-38,40H,9-10,12-13,15-17,19-20H2,1-8H3/t21-,24-,25-,26-,27?,31-,32-,33-,34-/m0/s1. The molecule has 4 aliphatic carbocycles. The molecule has 3 N–H and O–H groups in total. The molecule has 4 rings (SSSR count). The van der Waals surface area contributed by atoms with Gasteiger partial charge in [-0.2, -0.15) is 0 Å². The molecular weight excluding hydrogens is 555 g/mol. The van der Waals surface area contributed by atoms with Gasteiger partial charge >= 0.3 is 5.97 Å². The number of alkyl halides is 1. The molecule has 0 heterocycles. The zero-order valence-electron chi connectivity index (χ0n) is 27.2. The van der Waals surface area contributed by atoms with E-state index in [0.717, 1.165) is 0 Å². The Morgan fingerprint density at radius 1 is 1.16 bits per heavy atom. The molecule has 9 atom stereocenters. The van der Waals surface area contributed by atoms with Gasteiger partial charge in [0.1, 0.15) is 18.3 Å². The van der Waals surface area contributed by atoms with Crippen LogP contribution in [0.3, 0.4) is 0 Å². The maximum Gasteiger partial charge on any atom is 0.305 e. The van der Waals surface area contributed by atoms with Crippen LogP contribution in [-0.4, -0.2) is 82.1 Å². The second-order valence-corrected chi connectivity index (χ2v) is 15.2. The number of carbonyl (C=O) groups excluding carboxylic acids is 2. The van der Waals surface area contributed by atoms with Crippen LogP contribution in [0.15, 0.2) is 23.8 Å². The van der Waals surface area contributed by atoms with Crippen LogP contribution in [0.2, 0.25) is 0 Å². The van der Waals surface area contributed by atoms with E-state index in [0.29, 0.717) is 44.3 Å². The Balaban J connectivity index is 1.42. The van der Waals surface area contributed by atoms with E-state index in [1.807, 2.05) is 41.5 Å². The normalized spacial score (nSPS) is 39.9. The van der Waals surface area contributed by atoms with E-state index in [1.165, 1.54) is 12.2 Å². The molecule has 0 spiro atoms. The third-order valence-electron chi connectivity index (χ3n) is 11.9. The molecule has 43 heavy (non-hydrogen) atoms. The van der Waals surface area contributed by atoms with Crippen molar-refractivity contribution in [2.45, 2.75) is 128 Å². The summed E-state index contributed by atoms with van der Waals surface area (Å²) in [4.78, 5) is 24.8. The number of methoxy groups -OCH3 is 1. The van der Waals surface area contributed by atoms with E-state index in [4.69, 9.17) is 14.2 Å². The SMILES string of the molecule is COC(C)(C)CCOC(C)(C)CCC(=O)OCC(O)[C@@]1(O)[C@@H](C)C[C@H]2[C@@H]3CCC4=CC(=O)C=C[C@]4(C)[C@@]3(F)[C@@H](O)C[C@@]21C. The zero-order chi connectivity index (χ0) is 32.2. The van der Waals surface area contributed by atoms with Gasteiger partial charge in [0.2, 0.25) is 0 Å². The highest BCUT2D eigenvalue weighted by molar-refractivity contribution is 6.01. The van der Waals surface area contributed by atoms with E-state index in [-0.39, 0.29) is 30.1 Å². The third-order valence-corrected chi connectivity index (χ3v) is 11.9. The molecule has 0 radical (unpaired) electrons. The molecule has 0 aromatic rings. The lowest BCUT2D eigenvalue weighted by Gasteiger charge is -2.63. The minimum Gasteiger partial charge on any atom is -0.463 e. The highest BCUT2D eigenvalue weighted by atomic mass is 19.1. The average molecular weight is 609 g/mol. The highest BCUT2D eigenvalue weighted by Gasteiger charge is 2.75.